The van der Waals surface area contributed by atoms with Gasteiger partial charge < -0.3 is 9.47 Å². The molecule has 0 aliphatic carbocycles. The van der Waals surface area contributed by atoms with Crippen LogP contribution in [0.3, 0.4) is 0 Å². The molecule has 1 aliphatic rings. The van der Waals surface area contributed by atoms with Crippen LogP contribution in [0, 0.1) is 6.92 Å². The number of aryl methyl sites for hydroxylation is 1. The number of ether oxygens (including phenoxy) is 2. The van der Waals surface area contributed by atoms with Crippen LogP contribution >= 0.6 is 0 Å². The van der Waals surface area contributed by atoms with Crippen molar-refractivity contribution in [1.29, 1.82) is 0 Å². The van der Waals surface area contributed by atoms with Gasteiger partial charge in [-0.25, -0.2) is 4.79 Å². The second-order valence-corrected chi connectivity index (χ2v) is 2.69. The molecule has 1 aromatic carbocycles. The molecule has 0 radical (unpaired) electrons. The van der Waals surface area contributed by atoms with Crippen molar-refractivity contribution in [3.8, 4) is 5.75 Å². The molecule has 3 nitrogen and oxygen atoms in total. The summed E-state index contributed by atoms with van der Waals surface area (Å²) in [6.07, 6.45) is 0. The number of hydrogen-bond donors (Lipinski definition) is 0. The molecular formula is C9H8O3. The van der Waals surface area contributed by atoms with E-state index in [1.807, 2.05) is 19.1 Å². The maximum atomic E-state index is 11.1. The van der Waals surface area contributed by atoms with Crippen molar-refractivity contribution in [1.82, 2.24) is 0 Å². The molecule has 1 aliphatic heterocycles. The van der Waals surface area contributed by atoms with Crippen molar-refractivity contribution in [2.24, 2.45) is 0 Å². The lowest BCUT2D eigenvalue weighted by Gasteiger charge is -2.16. The van der Waals surface area contributed by atoms with E-state index in [1.165, 1.54) is 0 Å². The van der Waals surface area contributed by atoms with Gasteiger partial charge in [0.05, 0.1) is 0 Å². The third-order valence-corrected chi connectivity index (χ3v) is 1.76. The lowest BCUT2D eigenvalue weighted by atomic mass is 10.1. The lowest BCUT2D eigenvalue weighted by Crippen LogP contribution is -2.18. The first-order valence-electron chi connectivity index (χ1n) is 3.68. The summed E-state index contributed by atoms with van der Waals surface area (Å²) >= 11 is 0. The van der Waals surface area contributed by atoms with Gasteiger partial charge in [-0.1, -0.05) is 6.07 Å². The molecule has 62 valence electrons. The molecule has 0 unspecified atom stereocenters. The van der Waals surface area contributed by atoms with E-state index in [1.54, 1.807) is 6.07 Å². The van der Waals surface area contributed by atoms with Gasteiger partial charge in [-0.3, -0.25) is 0 Å². The molecule has 2 rings (SSSR count). The number of esters is 1. The van der Waals surface area contributed by atoms with Crippen LogP contribution in [0.1, 0.15) is 15.9 Å². The van der Waals surface area contributed by atoms with Crippen LogP contribution in [-0.2, 0) is 4.74 Å². The zero-order valence-electron chi connectivity index (χ0n) is 6.66. The van der Waals surface area contributed by atoms with Crippen LogP contribution in [0.2, 0.25) is 0 Å². The van der Waals surface area contributed by atoms with Crippen molar-refractivity contribution in [3.05, 3.63) is 29.3 Å². The van der Waals surface area contributed by atoms with Gasteiger partial charge in [0, 0.05) is 0 Å². The van der Waals surface area contributed by atoms with E-state index < -0.39 is 0 Å². The summed E-state index contributed by atoms with van der Waals surface area (Å²) in [6.45, 7) is 1.97. The monoisotopic (exact) mass is 164 g/mol. The average Bonchev–Trinajstić information content (AvgIpc) is 2.04. The first kappa shape index (κ1) is 7.16. The Labute approximate surface area is 69.9 Å². The van der Waals surface area contributed by atoms with Gasteiger partial charge in [-0.15, -0.1) is 0 Å². The smallest absolute Gasteiger partial charge is 0.344 e. The summed E-state index contributed by atoms with van der Waals surface area (Å²) in [5, 5.41) is 0. The van der Waals surface area contributed by atoms with Crippen LogP contribution in [-0.4, -0.2) is 12.8 Å². The molecule has 3 heteroatoms. The topological polar surface area (TPSA) is 35.5 Å². The normalized spacial score (nSPS) is 14.6. The standard InChI is InChI=1S/C9H8O3/c1-6-2-3-7-8(4-6)11-5-12-9(7)10/h2-4H,5H2,1H3. The predicted octanol–water partition coefficient (Wildman–Crippen LogP) is 1.50. The van der Waals surface area contributed by atoms with E-state index in [9.17, 15) is 4.79 Å². The number of fused-ring (bicyclic) bond motifs is 1. The fourth-order valence-electron chi connectivity index (χ4n) is 1.14. The summed E-state index contributed by atoms with van der Waals surface area (Å²) in [4.78, 5) is 11.1. The molecule has 1 aromatic rings. The third-order valence-electron chi connectivity index (χ3n) is 1.76. The van der Waals surface area contributed by atoms with Crippen molar-refractivity contribution < 1.29 is 14.3 Å². The van der Waals surface area contributed by atoms with E-state index in [-0.39, 0.29) is 12.8 Å². The second-order valence-electron chi connectivity index (χ2n) is 2.69. The molecular weight excluding hydrogens is 156 g/mol. The van der Waals surface area contributed by atoms with E-state index in [4.69, 9.17) is 4.74 Å². The summed E-state index contributed by atoms with van der Waals surface area (Å²) < 4.78 is 9.81. The van der Waals surface area contributed by atoms with Crippen LogP contribution in [0.25, 0.3) is 0 Å². The lowest BCUT2D eigenvalue weighted by molar-refractivity contribution is 0.00490. The molecule has 0 bridgehead atoms. The van der Waals surface area contributed by atoms with Crippen LogP contribution in [0.15, 0.2) is 18.2 Å². The van der Waals surface area contributed by atoms with E-state index in [0.29, 0.717) is 11.3 Å². The molecule has 0 saturated heterocycles. The molecule has 1 heterocycles. The van der Waals surface area contributed by atoms with Crippen molar-refractivity contribution in [3.63, 3.8) is 0 Å². The highest BCUT2D eigenvalue weighted by Crippen LogP contribution is 2.24. The highest BCUT2D eigenvalue weighted by atomic mass is 16.7. The van der Waals surface area contributed by atoms with Gasteiger partial charge in [-0.2, -0.15) is 0 Å². The summed E-state index contributed by atoms with van der Waals surface area (Å²) in [5.74, 6) is 0.308. The predicted molar refractivity (Wildman–Crippen MR) is 42.1 cm³/mol. The minimum Gasteiger partial charge on any atom is -0.456 e. The first-order chi connectivity index (χ1) is 5.77. The molecule has 0 amide bonds. The Morgan fingerprint density at radius 1 is 1.33 bits per heavy atom. The number of benzene rings is 1. The fraction of sp³-hybridized carbons (Fsp3) is 0.222. The highest BCUT2D eigenvalue weighted by Gasteiger charge is 2.18. The summed E-state index contributed by atoms with van der Waals surface area (Å²) in [5.41, 5.74) is 1.58. The molecule has 0 aromatic heterocycles. The van der Waals surface area contributed by atoms with Crippen molar-refractivity contribution in [2.45, 2.75) is 6.92 Å². The largest absolute Gasteiger partial charge is 0.456 e. The zero-order chi connectivity index (χ0) is 8.55. The first-order valence-corrected chi connectivity index (χ1v) is 3.68. The van der Waals surface area contributed by atoms with Gasteiger partial charge in [0.2, 0.25) is 6.79 Å². The molecule has 0 saturated carbocycles. The highest BCUT2D eigenvalue weighted by molar-refractivity contribution is 5.93. The van der Waals surface area contributed by atoms with Gasteiger partial charge in [0.25, 0.3) is 0 Å². The Morgan fingerprint density at radius 3 is 3.00 bits per heavy atom. The van der Waals surface area contributed by atoms with E-state index in [0.717, 1.165) is 5.56 Å². The van der Waals surface area contributed by atoms with Gasteiger partial charge in [0.15, 0.2) is 0 Å². The van der Waals surface area contributed by atoms with E-state index in [2.05, 4.69) is 4.74 Å². The minimum atomic E-state index is -0.309. The molecule has 12 heavy (non-hydrogen) atoms. The van der Waals surface area contributed by atoms with Crippen molar-refractivity contribution >= 4 is 5.97 Å². The second kappa shape index (κ2) is 2.52. The molecule has 0 fully saturated rings. The van der Waals surface area contributed by atoms with Gasteiger partial charge >= 0.3 is 5.97 Å². The molecule has 0 atom stereocenters. The maximum absolute atomic E-state index is 11.1. The SMILES string of the molecule is Cc1ccc2c(c1)OCOC2=O. The fourth-order valence-corrected chi connectivity index (χ4v) is 1.14. The number of carbonyl (C=O) groups is 1. The summed E-state index contributed by atoms with van der Waals surface area (Å²) in [7, 11) is 0. The average molecular weight is 164 g/mol. The minimum absolute atomic E-state index is 0.0231. The zero-order valence-corrected chi connectivity index (χ0v) is 6.66. The van der Waals surface area contributed by atoms with Gasteiger partial charge in [-0.05, 0) is 24.6 Å². The Bertz CT molecular complexity index is 331. The summed E-state index contributed by atoms with van der Waals surface area (Å²) in [6, 6.07) is 5.40. The Hall–Kier alpha value is -1.51. The van der Waals surface area contributed by atoms with Crippen LogP contribution in [0.4, 0.5) is 0 Å². The number of rotatable bonds is 0. The Morgan fingerprint density at radius 2 is 2.17 bits per heavy atom. The molecule has 0 N–H and O–H groups in total. The van der Waals surface area contributed by atoms with Crippen molar-refractivity contribution in [2.75, 3.05) is 6.79 Å². The number of cyclic esters (lactones) is 1. The Balaban J connectivity index is 2.53. The van der Waals surface area contributed by atoms with Gasteiger partial charge in [0.1, 0.15) is 11.3 Å². The van der Waals surface area contributed by atoms with Crippen LogP contribution < -0.4 is 4.74 Å². The van der Waals surface area contributed by atoms with E-state index >= 15 is 0 Å². The van der Waals surface area contributed by atoms with Crippen LogP contribution in [0.5, 0.6) is 5.75 Å². The number of carbonyl (C=O) groups excluding carboxylic acids is 1. The quantitative estimate of drug-likeness (QED) is 0.545. The Kier molecular flexibility index (Phi) is 1.50. The maximum Gasteiger partial charge on any atom is 0.344 e. The third kappa shape index (κ3) is 1.03. The number of hydrogen-bond acceptors (Lipinski definition) is 3. The molecule has 0 spiro atoms.